The van der Waals surface area contributed by atoms with Gasteiger partial charge in [0.05, 0.1) is 17.4 Å². The molecular weight excluding hydrogens is 258 g/mol. The smallest absolute Gasteiger partial charge is 0.0958 e. The summed E-state index contributed by atoms with van der Waals surface area (Å²) in [4.78, 5) is 4.50. The summed E-state index contributed by atoms with van der Waals surface area (Å²) in [6.45, 7) is 6.24. The van der Waals surface area contributed by atoms with E-state index in [-0.39, 0.29) is 0 Å². The molecule has 0 bridgehead atoms. The molecule has 3 heteroatoms. The van der Waals surface area contributed by atoms with Crippen molar-refractivity contribution in [3.8, 4) is 0 Å². The lowest BCUT2D eigenvalue weighted by molar-refractivity contribution is 0.677. The average molecular weight is 279 g/mol. The van der Waals surface area contributed by atoms with Gasteiger partial charge < -0.3 is 9.88 Å². The first-order valence-corrected chi connectivity index (χ1v) is 7.45. The second kappa shape index (κ2) is 6.00. The molecule has 3 nitrogen and oxygen atoms in total. The normalized spacial score (nSPS) is 11.0. The van der Waals surface area contributed by atoms with Crippen LogP contribution in [0.25, 0.3) is 11.0 Å². The monoisotopic (exact) mass is 279 g/mol. The number of imidazole rings is 1. The zero-order chi connectivity index (χ0) is 14.7. The summed E-state index contributed by atoms with van der Waals surface area (Å²) in [6, 6.07) is 14.7. The standard InChI is InChI=1S/C18H21N3/c1-14-11-17-18(12-15(14)2)21(13-20-17)10-6-9-19-16-7-4-3-5-8-16/h3-5,7-8,11-13,19H,6,9-10H2,1-2H3. The van der Waals surface area contributed by atoms with Crippen LogP contribution in [-0.4, -0.2) is 16.1 Å². The minimum atomic E-state index is 0.967. The molecule has 0 saturated heterocycles. The molecule has 3 rings (SSSR count). The maximum absolute atomic E-state index is 4.50. The Balaban J connectivity index is 1.62. The lowest BCUT2D eigenvalue weighted by Gasteiger charge is -2.08. The van der Waals surface area contributed by atoms with Crippen molar-refractivity contribution in [2.75, 3.05) is 11.9 Å². The number of para-hydroxylation sites is 1. The predicted octanol–water partition coefficient (Wildman–Crippen LogP) is 4.16. The maximum Gasteiger partial charge on any atom is 0.0958 e. The van der Waals surface area contributed by atoms with Gasteiger partial charge in [-0.25, -0.2) is 4.98 Å². The molecule has 0 amide bonds. The molecule has 0 saturated carbocycles. The van der Waals surface area contributed by atoms with E-state index >= 15 is 0 Å². The van der Waals surface area contributed by atoms with Crippen LogP contribution in [0.5, 0.6) is 0 Å². The van der Waals surface area contributed by atoms with Gasteiger partial charge in [0.15, 0.2) is 0 Å². The molecule has 0 fully saturated rings. The van der Waals surface area contributed by atoms with Crippen LogP contribution < -0.4 is 5.32 Å². The van der Waals surface area contributed by atoms with E-state index in [4.69, 9.17) is 0 Å². The van der Waals surface area contributed by atoms with Crippen molar-refractivity contribution in [3.63, 3.8) is 0 Å². The van der Waals surface area contributed by atoms with E-state index in [0.717, 1.165) is 25.0 Å². The Labute approximate surface area is 125 Å². The van der Waals surface area contributed by atoms with Crippen molar-refractivity contribution < 1.29 is 0 Å². The summed E-state index contributed by atoms with van der Waals surface area (Å²) in [5.41, 5.74) is 6.14. The Morgan fingerprint density at radius 3 is 2.62 bits per heavy atom. The van der Waals surface area contributed by atoms with Crippen LogP contribution >= 0.6 is 0 Å². The molecule has 2 aromatic carbocycles. The molecule has 0 unspecified atom stereocenters. The van der Waals surface area contributed by atoms with Gasteiger partial charge in [0.25, 0.3) is 0 Å². The highest BCUT2D eigenvalue weighted by molar-refractivity contribution is 5.77. The highest BCUT2D eigenvalue weighted by atomic mass is 15.0. The van der Waals surface area contributed by atoms with Gasteiger partial charge >= 0.3 is 0 Å². The quantitative estimate of drug-likeness (QED) is 0.711. The van der Waals surface area contributed by atoms with Gasteiger partial charge in [-0.05, 0) is 55.7 Å². The zero-order valence-electron chi connectivity index (χ0n) is 12.6. The lowest BCUT2D eigenvalue weighted by atomic mass is 10.1. The minimum Gasteiger partial charge on any atom is -0.385 e. The lowest BCUT2D eigenvalue weighted by Crippen LogP contribution is -2.06. The molecular formula is C18H21N3. The number of benzene rings is 2. The molecule has 0 radical (unpaired) electrons. The van der Waals surface area contributed by atoms with Gasteiger partial charge in [-0.1, -0.05) is 18.2 Å². The second-order valence-electron chi connectivity index (χ2n) is 5.51. The fourth-order valence-electron chi connectivity index (χ4n) is 2.53. The van der Waals surface area contributed by atoms with E-state index in [1.807, 2.05) is 12.4 Å². The van der Waals surface area contributed by atoms with E-state index < -0.39 is 0 Å². The summed E-state index contributed by atoms with van der Waals surface area (Å²) < 4.78 is 2.24. The number of hydrogen-bond acceptors (Lipinski definition) is 2. The number of aryl methyl sites for hydroxylation is 3. The molecule has 1 N–H and O–H groups in total. The minimum absolute atomic E-state index is 0.967. The summed E-state index contributed by atoms with van der Waals surface area (Å²) >= 11 is 0. The van der Waals surface area contributed by atoms with Crippen molar-refractivity contribution in [3.05, 3.63) is 59.9 Å². The third-order valence-corrected chi connectivity index (χ3v) is 3.92. The Kier molecular flexibility index (Phi) is 3.91. The highest BCUT2D eigenvalue weighted by Crippen LogP contribution is 2.18. The number of nitrogens with zero attached hydrogens (tertiary/aromatic N) is 2. The topological polar surface area (TPSA) is 29.9 Å². The van der Waals surface area contributed by atoms with Crippen LogP contribution in [-0.2, 0) is 6.54 Å². The number of hydrogen-bond donors (Lipinski definition) is 1. The van der Waals surface area contributed by atoms with Crippen LogP contribution in [0.1, 0.15) is 17.5 Å². The van der Waals surface area contributed by atoms with Crippen LogP contribution in [0.3, 0.4) is 0 Å². The van der Waals surface area contributed by atoms with Crippen LogP contribution in [0.4, 0.5) is 5.69 Å². The second-order valence-corrected chi connectivity index (χ2v) is 5.51. The van der Waals surface area contributed by atoms with Crippen molar-refractivity contribution in [1.82, 2.24) is 9.55 Å². The largest absolute Gasteiger partial charge is 0.385 e. The first kappa shape index (κ1) is 13.7. The summed E-state index contributed by atoms with van der Waals surface area (Å²) in [5, 5.41) is 3.44. The number of aromatic nitrogens is 2. The summed E-state index contributed by atoms with van der Waals surface area (Å²) in [5.74, 6) is 0. The highest BCUT2D eigenvalue weighted by Gasteiger charge is 2.04. The molecule has 0 aliphatic heterocycles. The summed E-state index contributed by atoms with van der Waals surface area (Å²) in [6.07, 6.45) is 3.03. The molecule has 0 atom stereocenters. The van der Waals surface area contributed by atoms with E-state index in [1.165, 1.54) is 22.3 Å². The van der Waals surface area contributed by atoms with E-state index in [2.05, 4.69) is 65.1 Å². The Morgan fingerprint density at radius 2 is 1.81 bits per heavy atom. The van der Waals surface area contributed by atoms with Gasteiger partial charge in [-0.15, -0.1) is 0 Å². The van der Waals surface area contributed by atoms with E-state index in [0.29, 0.717) is 0 Å². The van der Waals surface area contributed by atoms with Crippen molar-refractivity contribution >= 4 is 16.7 Å². The molecule has 0 aliphatic rings. The van der Waals surface area contributed by atoms with Crippen LogP contribution in [0, 0.1) is 13.8 Å². The van der Waals surface area contributed by atoms with Gasteiger partial charge in [0.2, 0.25) is 0 Å². The first-order valence-electron chi connectivity index (χ1n) is 7.45. The molecule has 0 spiro atoms. The fraction of sp³-hybridized carbons (Fsp3) is 0.278. The van der Waals surface area contributed by atoms with E-state index in [9.17, 15) is 0 Å². The number of nitrogens with one attached hydrogen (secondary N) is 1. The van der Waals surface area contributed by atoms with Gasteiger partial charge in [-0.2, -0.15) is 0 Å². The van der Waals surface area contributed by atoms with Crippen molar-refractivity contribution in [2.45, 2.75) is 26.8 Å². The SMILES string of the molecule is Cc1cc2ncn(CCCNc3ccccc3)c2cc1C. The number of anilines is 1. The Morgan fingerprint density at radius 1 is 1.05 bits per heavy atom. The molecule has 3 aromatic rings. The zero-order valence-corrected chi connectivity index (χ0v) is 12.6. The number of fused-ring (bicyclic) bond motifs is 1. The first-order chi connectivity index (χ1) is 10.2. The maximum atomic E-state index is 4.50. The van der Waals surface area contributed by atoms with E-state index in [1.54, 1.807) is 0 Å². The number of rotatable bonds is 5. The van der Waals surface area contributed by atoms with Crippen molar-refractivity contribution in [2.24, 2.45) is 0 Å². The fourth-order valence-corrected chi connectivity index (χ4v) is 2.53. The molecule has 108 valence electrons. The van der Waals surface area contributed by atoms with Gasteiger partial charge in [0.1, 0.15) is 0 Å². The summed E-state index contributed by atoms with van der Waals surface area (Å²) in [7, 11) is 0. The predicted molar refractivity (Wildman–Crippen MR) is 88.8 cm³/mol. The molecule has 21 heavy (non-hydrogen) atoms. The molecule has 1 aromatic heterocycles. The van der Waals surface area contributed by atoms with Crippen molar-refractivity contribution in [1.29, 1.82) is 0 Å². The third-order valence-electron chi connectivity index (χ3n) is 3.92. The third kappa shape index (κ3) is 3.07. The van der Waals surface area contributed by atoms with Crippen LogP contribution in [0.15, 0.2) is 48.8 Å². The Hall–Kier alpha value is -2.29. The average Bonchev–Trinajstić information content (AvgIpc) is 2.87. The van der Waals surface area contributed by atoms with Crippen LogP contribution in [0.2, 0.25) is 0 Å². The Bertz CT molecular complexity index is 729. The molecule has 1 heterocycles. The van der Waals surface area contributed by atoms with Gasteiger partial charge in [-0.3, -0.25) is 0 Å². The van der Waals surface area contributed by atoms with Gasteiger partial charge in [0, 0.05) is 18.8 Å². The molecule has 0 aliphatic carbocycles.